The van der Waals surface area contributed by atoms with Gasteiger partial charge in [-0.15, -0.1) is 0 Å². The van der Waals surface area contributed by atoms with Crippen LogP contribution in [0.3, 0.4) is 0 Å². The number of nitrogens with one attached hydrogen (secondary N) is 1. The van der Waals surface area contributed by atoms with Crippen LogP contribution in [0.15, 0.2) is 24.3 Å². The van der Waals surface area contributed by atoms with Gasteiger partial charge in [-0.25, -0.2) is 4.39 Å². The summed E-state index contributed by atoms with van der Waals surface area (Å²) in [5, 5.41) is 3.05. The van der Waals surface area contributed by atoms with E-state index in [0.29, 0.717) is 6.54 Å². The number of rotatable bonds is 6. The van der Waals surface area contributed by atoms with Crippen molar-refractivity contribution in [3.8, 4) is 0 Å². The topological polar surface area (TPSA) is 41.6 Å². The highest BCUT2D eigenvalue weighted by Crippen LogP contribution is 2.48. The van der Waals surface area contributed by atoms with Gasteiger partial charge in [0.2, 0.25) is 5.91 Å². The molecule has 1 saturated carbocycles. The largest absolute Gasteiger partial charge is 0.379 e. The van der Waals surface area contributed by atoms with E-state index in [1.165, 1.54) is 12.1 Å². The maximum atomic E-state index is 13.0. The predicted octanol–water partition coefficient (Wildman–Crippen LogP) is 1.70. The highest BCUT2D eigenvalue weighted by Gasteiger charge is 2.50. The lowest BCUT2D eigenvalue weighted by atomic mass is 9.95. The number of nitrogens with zero attached hydrogens (tertiary/aromatic N) is 1. The van der Waals surface area contributed by atoms with E-state index in [1.807, 2.05) is 0 Å². The lowest BCUT2D eigenvalue weighted by Gasteiger charge is -2.26. The number of carbonyl (C=O) groups excluding carboxylic acids is 1. The third-order valence-electron chi connectivity index (χ3n) is 4.62. The molecule has 0 aromatic heterocycles. The Morgan fingerprint density at radius 2 is 1.91 bits per heavy atom. The van der Waals surface area contributed by atoms with E-state index >= 15 is 0 Å². The second-order valence-electron chi connectivity index (χ2n) is 6.15. The Morgan fingerprint density at radius 3 is 2.55 bits per heavy atom. The summed E-state index contributed by atoms with van der Waals surface area (Å²) in [6.45, 7) is 5.26. The molecule has 0 atom stereocenters. The Morgan fingerprint density at radius 1 is 1.23 bits per heavy atom. The van der Waals surface area contributed by atoms with Crippen LogP contribution in [-0.2, 0) is 14.9 Å². The van der Waals surface area contributed by atoms with Crippen molar-refractivity contribution in [2.45, 2.75) is 24.7 Å². The molecule has 1 amide bonds. The first-order chi connectivity index (χ1) is 10.7. The molecule has 0 bridgehead atoms. The summed E-state index contributed by atoms with van der Waals surface area (Å²) in [6.07, 6.45) is 2.66. The summed E-state index contributed by atoms with van der Waals surface area (Å²) in [5.74, 6) is -0.174. The minimum Gasteiger partial charge on any atom is -0.379 e. The lowest BCUT2D eigenvalue weighted by Crippen LogP contribution is -2.39. The van der Waals surface area contributed by atoms with Gasteiger partial charge in [0.15, 0.2) is 0 Å². The van der Waals surface area contributed by atoms with Crippen LogP contribution in [0.2, 0.25) is 0 Å². The number of ether oxygens (including phenoxy) is 1. The molecule has 1 aliphatic carbocycles. The number of hydrogen-bond acceptors (Lipinski definition) is 3. The van der Waals surface area contributed by atoms with E-state index in [1.54, 1.807) is 12.1 Å². The predicted molar refractivity (Wildman–Crippen MR) is 82.2 cm³/mol. The summed E-state index contributed by atoms with van der Waals surface area (Å²) < 4.78 is 18.3. The van der Waals surface area contributed by atoms with E-state index in [2.05, 4.69) is 10.2 Å². The van der Waals surface area contributed by atoms with Crippen LogP contribution in [-0.4, -0.2) is 50.2 Å². The fourth-order valence-corrected chi connectivity index (χ4v) is 3.04. The normalized spacial score (nSPS) is 20.6. The molecule has 2 fully saturated rings. The first-order valence-corrected chi connectivity index (χ1v) is 8.05. The summed E-state index contributed by atoms with van der Waals surface area (Å²) in [7, 11) is 0. The third kappa shape index (κ3) is 3.47. The molecule has 2 aliphatic rings. The third-order valence-corrected chi connectivity index (χ3v) is 4.62. The standard InChI is InChI=1S/C17H23FN2O2/c18-15-4-2-14(3-5-15)17(6-7-17)16(21)19-8-1-9-20-10-12-22-13-11-20/h2-5H,1,6-13H2,(H,19,21). The van der Waals surface area contributed by atoms with Gasteiger partial charge in [-0.1, -0.05) is 12.1 Å². The number of amides is 1. The van der Waals surface area contributed by atoms with Crippen LogP contribution in [0.4, 0.5) is 4.39 Å². The zero-order valence-corrected chi connectivity index (χ0v) is 12.8. The molecule has 0 spiro atoms. The smallest absolute Gasteiger partial charge is 0.230 e. The van der Waals surface area contributed by atoms with Crippen LogP contribution in [0, 0.1) is 5.82 Å². The average molecular weight is 306 g/mol. The van der Waals surface area contributed by atoms with E-state index < -0.39 is 5.41 Å². The molecule has 5 heteroatoms. The molecular formula is C17H23FN2O2. The molecule has 0 radical (unpaired) electrons. The van der Waals surface area contributed by atoms with Crippen molar-refractivity contribution in [2.24, 2.45) is 0 Å². The van der Waals surface area contributed by atoms with E-state index in [9.17, 15) is 9.18 Å². The minimum absolute atomic E-state index is 0.0843. The zero-order valence-electron chi connectivity index (χ0n) is 12.8. The molecule has 1 saturated heterocycles. The van der Waals surface area contributed by atoms with Crippen molar-refractivity contribution in [1.82, 2.24) is 10.2 Å². The SMILES string of the molecule is O=C(NCCCN1CCOCC1)C1(c2ccc(F)cc2)CC1. The van der Waals surface area contributed by atoms with Gasteiger partial charge in [-0.05, 0) is 43.5 Å². The number of hydrogen-bond donors (Lipinski definition) is 1. The van der Waals surface area contributed by atoms with Gasteiger partial charge in [0.05, 0.1) is 18.6 Å². The Bertz CT molecular complexity index is 508. The van der Waals surface area contributed by atoms with E-state index in [-0.39, 0.29) is 11.7 Å². The molecule has 1 aromatic rings. The number of benzene rings is 1. The second kappa shape index (κ2) is 6.75. The van der Waals surface area contributed by atoms with E-state index in [0.717, 1.165) is 57.7 Å². The monoisotopic (exact) mass is 306 g/mol. The van der Waals surface area contributed by atoms with Crippen LogP contribution in [0.1, 0.15) is 24.8 Å². The molecule has 1 heterocycles. The Balaban J connectivity index is 1.44. The van der Waals surface area contributed by atoms with Gasteiger partial charge >= 0.3 is 0 Å². The van der Waals surface area contributed by atoms with Crippen molar-refractivity contribution in [3.05, 3.63) is 35.6 Å². The molecular weight excluding hydrogens is 283 g/mol. The first-order valence-electron chi connectivity index (χ1n) is 8.05. The quantitative estimate of drug-likeness (QED) is 0.813. The molecule has 22 heavy (non-hydrogen) atoms. The van der Waals surface area contributed by atoms with Gasteiger partial charge < -0.3 is 10.1 Å². The highest BCUT2D eigenvalue weighted by molar-refractivity contribution is 5.91. The Hall–Kier alpha value is -1.46. The molecule has 1 aromatic carbocycles. The lowest BCUT2D eigenvalue weighted by molar-refractivity contribution is -0.123. The Labute approximate surface area is 130 Å². The van der Waals surface area contributed by atoms with Crippen LogP contribution in [0.5, 0.6) is 0 Å². The molecule has 1 aliphatic heterocycles. The zero-order chi connectivity index (χ0) is 15.4. The molecule has 3 rings (SSSR count). The number of carbonyl (C=O) groups is 1. The van der Waals surface area contributed by atoms with Crippen molar-refractivity contribution < 1.29 is 13.9 Å². The number of halogens is 1. The molecule has 120 valence electrons. The molecule has 4 nitrogen and oxygen atoms in total. The van der Waals surface area contributed by atoms with Gasteiger partial charge in [-0.2, -0.15) is 0 Å². The van der Waals surface area contributed by atoms with Crippen LogP contribution < -0.4 is 5.32 Å². The van der Waals surface area contributed by atoms with Crippen LogP contribution in [0.25, 0.3) is 0 Å². The minimum atomic E-state index is -0.410. The van der Waals surface area contributed by atoms with Gasteiger partial charge in [-0.3, -0.25) is 9.69 Å². The van der Waals surface area contributed by atoms with Crippen molar-refractivity contribution in [1.29, 1.82) is 0 Å². The molecule has 0 unspecified atom stereocenters. The highest BCUT2D eigenvalue weighted by atomic mass is 19.1. The van der Waals surface area contributed by atoms with Crippen molar-refractivity contribution in [3.63, 3.8) is 0 Å². The van der Waals surface area contributed by atoms with Gasteiger partial charge in [0.25, 0.3) is 0 Å². The molecule has 1 N–H and O–H groups in total. The summed E-state index contributed by atoms with van der Waals surface area (Å²) in [6, 6.07) is 6.33. The van der Waals surface area contributed by atoms with Crippen LogP contribution >= 0.6 is 0 Å². The summed E-state index contributed by atoms with van der Waals surface area (Å²) in [4.78, 5) is 14.8. The van der Waals surface area contributed by atoms with Gasteiger partial charge in [0.1, 0.15) is 5.82 Å². The first kappa shape index (κ1) is 15.4. The average Bonchev–Trinajstić information content (AvgIpc) is 3.35. The second-order valence-corrected chi connectivity index (χ2v) is 6.15. The van der Waals surface area contributed by atoms with Crippen molar-refractivity contribution >= 4 is 5.91 Å². The fraction of sp³-hybridized carbons (Fsp3) is 0.588. The van der Waals surface area contributed by atoms with E-state index in [4.69, 9.17) is 4.74 Å². The summed E-state index contributed by atoms with van der Waals surface area (Å²) in [5.41, 5.74) is 0.520. The maximum Gasteiger partial charge on any atom is 0.230 e. The van der Waals surface area contributed by atoms with Crippen molar-refractivity contribution in [2.75, 3.05) is 39.4 Å². The maximum absolute atomic E-state index is 13.0. The summed E-state index contributed by atoms with van der Waals surface area (Å²) >= 11 is 0. The fourth-order valence-electron chi connectivity index (χ4n) is 3.04. The number of morpholine rings is 1. The van der Waals surface area contributed by atoms with Gasteiger partial charge in [0, 0.05) is 19.6 Å². The Kier molecular flexibility index (Phi) is 4.74.